The molecule has 2 unspecified atom stereocenters. The Hall–Kier alpha value is -2.01. The van der Waals surface area contributed by atoms with Gasteiger partial charge in [-0.2, -0.15) is 0 Å². The molecule has 0 aliphatic carbocycles. The van der Waals surface area contributed by atoms with Gasteiger partial charge in [0.1, 0.15) is 11.6 Å². The highest BCUT2D eigenvalue weighted by Gasteiger charge is 2.19. The molecule has 2 aromatic rings. The van der Waals surface area contributed by atoms with Gasteiger partial charge in [0.05, 0.1) is 5.25 Å². The van der Waals surface area contributed by atoms with Gasteiger partial charge in [-0.1, -0.05) is 49.4 Å². The first-order chi connectivity index (χ1) is 10.5. The van der Waals surface area contributed by atoms with E-state index in [2.05, 4.69) is 0 Å². The van der Waals surface area contributed by atoms with Crippen molar-refractivity contribution in [1.29, 1.82) is 0 Å². The maximum atomic E-state index is 13.8. The van der Waals surface area contributed by atoms with Crippen LogP contribution >= 0.6 is 0 Å². The Morgan fingerprint density at radius 2 is 1.82 bits per heavy atom. The second-order valence-corrected chi connectivity index (χ2v) is 6.54. The van der Waals surface area contributed by atoms with E-state index >= 15 is 0 Å². The first-order valence-corrected chi connectivity index (χ1v) is 8.35. The highest BCUT2D eigenvalue weighted by molar-refractivity contribution is 7.86. The van der Waals surface area contributed by atoms with Crippen molar-refractivity contribution in [3.05, 3.63) is 59.9 Å². The predicted molar refractivity (Wildman–Crippen MR) is 85.5 cm³/mol. The minimum absolute atomic E-state index is 0.295. The lowest BCUT2D eigenvalue weighted by Gasteiger charge is -2.14. The van der Waals surface area contributed by atoms with Gasteiger partial charge in [-0.15, -0.1) is 0 Å². The number of halogens is 1. The molecule has 0 amide bonds. The van der Waals surface area contributed by atoms with Crippen LogP contribution in [0.2, 0.25) is 0 Å². The Morgan fingerprint density at radius 3 is 2.36 bits per heavy atom. The molecule has 0 aliphatic heterocycles. The molecule has 0 fully saturated rings. The van der Waals surface area contributed by atoms with E-state index in [9.17, 15) is 13.4 Å². The molecule has 0 saturated carbocycles. The average Bonchev–Trinajstić information content (AvgIpc) is 2.48. The molecular weight excluding hydrogens is 303 g/mol. The van der Waals surface area contributed by atoms with Gasteiger partial charge in [0.15, 0.2) is 0 Å². The summed E-state index contributed by atoms with van der Waals surface area (Å²) >= 11 is 0. The van der Waals surface area contributed by atoms with E-state index < -0.39 is 16.8 Å². The van der Waals surface area contributed by atoms with Crippen molar-refractivity contribution in [2.24, 2.45) is 0 Å². The zero-order valence-electron chi connectivity index (χ0n) is 12.2. The molecule has 5 heteroatoms. The summed E-state index contributed by atoms with van der Waals surface area (Å²) in [7, 11) is -1.47. The molecule has 3 nitrogen and oxygen atoms in total. The Balaban J connectivity index is 2.26. The van der Waals surface area contributed by atoms with Crippen LogP contribution in [0.25, 0.3) is 11.1 Å². The van der Waals surface area contributed by atoms with Gasteiger partial charge in [0.25, 0.3) is 0 Å². The van der Waals surface area contributed by atoms with Crippen LogP contribution in [0.4, 0.5) is 4.39 Å². The largest absolute Gasteiger partial charge is 0.481 e. The normalized spacial score (nSPS) is 13.5. The molecule has 2 rings (SSSR count). The van der Waals surface area contributed by atoms with Crippen molar-refractivity contribution in [2.45, 2.75) is 18.6 Å². The van der Waals surface area contributed by atoms with Gasteiger partial charge < -0.3 is 5.11 Å². The van der Waals surface area contributed by atoms with E-state index in [4.69, 9.17) is 5.11 Å². The van der Waals surface area contributed by atoms with Crippen LogP contribution < -0.4 is 0 Å². The number of rotatable bonds is 6. The first kappa shape index (κ1) is 16.4. The summed E-state index contributed by atoms with van der Waals surface area (Å²) in [5.74, 6) is -1.73. The highest BCUT2D eigenvalue weighted by Crippen LogP contribution is 2.28. The van der Waals surface area contributed by atoms with Crippen LogP contribution in [0.1, 0.15) is 24.2 Å². The third kappa shape index (κ3) is 3.80. The molecule has 0 aromatic heterocycles. The van der Waals surface area contributed by atoms with E-state index in [-0.39, 0.29) is 16.8 Å². The predicted octanol–water partition coefficient (Wildman–Crippen LogP) is 3.78. The first-order valence-electron chi connectivity index (χ1n) is 6.96. The lowest BCUT2D eigenvalue weighted by molar-refractivity contribution is -0.133. The van der Waals surface area contributed by atoms with Crippen molar-refractivity contribution in [3.8, 4) is 11.1 Å². The van der Waals surface area contributed by atoms with Crippen LogP contribution in [0, 0.1) is 5.82 Å². The number of aliphatic carboxylic acids is 1. The Bertz CT molecular complexity index is 683. The second kappa shape index (κ2) is 7.31. The van der Waals surface area contributed by atoms with E-state index in [0.717, 1.165) is 11.1 Å². The van der Waals surface area contributed by atoms with E-state index in [1.54, 1.807) is 42.5 Å². The van der Waals surface area contributed by atoms with Crippen LogP contribution in [0.5, 0.6) is 0 Å². The standard InChI is InChI=1S/C17H17FO3S/c1-2-16(22(21)11-17(19)20)13-9-7-12(8-10-13)14-5-3-4-6-15(14)18/h3-10,16H,2,11H2,1H3,(H,19,20). The molecule has 0 bridgehead atoms. The molecule has 2 atom stereocenters. The van der Waals surface area contributed by atoms with Crippen LogP contribution in [0.15, 0.2) is 48.5 Å². The SMILES string of the molecule is CCC(c1ccc(-c2ccccc2F)cc1)S(=O)CC(=O)O. The maximum Gasteiger partial charge on any atom is 0.316 e. The summed E-state index contributed by atoms with van der Waals surface area (Å²) in [5.41, 5.74) is 2.05. The maximum absolute atomic E-state index is 13.8. The van der Waals surface area contributed by atoms with Gasteiger partial charge in [-0.3, -0.25) is 9.00 Å². The summed E-state index contributed by atoms with van der Waals surface area (Å²) in [5, 5.41) is 8.44. The van der Waals surface area contributed by atoms with Gasteiger partial charge >= 0.3 is 5.97 Å². The minimum Gasteiger partial charge on any atom is -0.481 e. The lowest BCUT2D eigenvalue weighted by atomic mass is 10.0. The summed E-state index contributed by atoms with van der Waals surface area (Å²) in [6.45, 7) is 1.87. The van der Waals surface area contributed by atoms with Crippen molar-refractivity contribution in [3.63, 3.8) is 0 Å². The molecule has 0 heterocycles. The van der Waals surface area contributed by atoms with E-state index in [1.165, 1.54) is 6.07 Å². The zero-order chi connectivity index (χ0) is 16.1. The van der Waals surface area contributed by atoms with Crippen LogP contribution in [-0.4, -0.2) is 21.0 Å². The molecule has 0 aliphatic rings. The monoisotopic (exact) mass is 320 g/mol. The topological polar surface area (TPSA) is 54.4 Å². The van der Waals surface area contributed by atoms with Crippen molar-refractivity contribution >= 4 is 16.8 Å². The Morgan fingerprint density at radius 1 is 1.18 bits per heavy atom. The van der Waals surface area contributed by atoms with E-state index in [1.807, 2.05) is 6.92 Å². The molecule has 22 heavy (non-hydrogen) atoms. The number of carboxylic acids is 1. The third-order valence-corrected chi connectivity index (χ3v) is 5.19. The molecule has 0 spiro atoms. The fourth-order valence-corrected chi connectivity index (χ4v) is 3.65. The fourth-order valence-electron chi connectivity index (χ4n) is 2.37. The summed E-state index contributed by atoms with van der Waals surface area (Å²) in [6.07, 6.45) is 0.582. The summed E-state index contributed by atoms with van der Waals surface area (Å²) < 4.78 is 25.8. The number of hydrogen-bond donors (Lipinski definition) is 1. The molecular formula is C17H17FO3S. The highest BCUT2D eigenvalue weighted by atomic mass is 32.2. The Labute approximate surface area is 131 Å². The van der Waals surface area contributed by atoms with Gasteiger partial charge in [-0.05, 0) is 23.6 Å². The molecule has 0 radical (unpaired) electrons. The van der Waals surface area contributed by atoms with Gasteiger partial charge in [0, 0.05) is 16.4 Å². The quantitative estimate of drug-likeness (QED) is 0.881. The second-order valence-electron chi connectivity index (χ2n) is 4.92. The molecule has 2 aromatic carbocycles. The number of carbonyl (C=O) groups is 1. The average molecular weight is 320 g/mol. The molecule has 116 valence electrons. The van der Waals surface area contributed by atoms with Crippen molar-refractivity contribution < 1.29 is 18.5 Å². The summed E-state index contributed by atoms with van der Waals surface area (Å²) in [4.78, 5) is 10.7. The Kier molecular flexibility index (Phi) is 5.44. The van der Waals surface area contributed by atoms with Crippen molar-refractivity contribution in [1.82, 2.24) is 0 Å². The smallest absolute Gasteiger partial charge is 0.316 e. The molecule has 1 N–H and O–H groups in total. The third-order valence-electron chi connectivity index (χ3n) is 3.42. The van der Waals surface area contributed by atoms with Crippen molar-refractivity contribution in [2.75, 3.05) is 5.75 Å². The number of carboxylic acid groups (broad SMARTS) is 1. The zero-order valence-corrected chi connectivity index (χ0v) is 13.0. The lowest BCUT2D eigenvalue weighted by Crippen LogP contribution is -2.15. The number of hydrogen-bond acceptors (Lipinski definition) is 2. The van der Waals surface area contributed by atoms with Gasteiger partial charge in [0.2, 0.25) is 0 Å². The minimum atomic E-state index is -1.47. The summed E-state index contributed by atoms with van der Waals surface area (Å²) in [6, 6.07) is 13.6. The van der Waals surface area contributed by atoms with Crippen LogP contribution in [0.3, 0.4) is 0 Å². The fraction of sp³-hybridized carbons (Fsp3) is 0.235. The van der Waals surface area contributed by atoms with Crippen LogP contribution in [-0.2, 0) is 15.6 Å². The van der Waals surface area contributed by atoms with E-state index in [0.29, 0.717) is 12.0 Å². The van der Waals surface area contributed by atoms with Gasteiger partial charge in [-0.25, -0.2) is 4.39 Å². The molecule has 0 saturated heterocycles. The number of benzene rings is 2.